The van der Waals surface area contributed by atoms with Gasteiger partial charge in [-0.25, -0.2) is 9.78 Å². The number of aromatic carboxylic acids is 1. The van der Waals surface area contributed by atoms with E-state index in [9.17, 15) is 4.79 Å². The summed E-state index contributed by atoms with van der Waals surface area (Å²) in [5.41, 5.74) is 0.190. The normalized spacial score (nSPS) is 18.4. The summed E-state index contributed by atoms with van der Waals surface area (Å²) in [4.78, 5) is 17.3. The van der Waals surface area contributed by atoms with Crippen LogP contribution >= 0.6 is 11.6 Å². The molecule has 0 amide bonds. The molecule has 0 radical (unpaired) electrons. The molecule has 2 heterocycles. The Bertz CT molecular complexity index is 460. The number of carbonyl (C=O) groups is 1. The smallest absolute Gasteiger partial charge is 0.335 e. The average Bonchev–Trinajstić information content (AvgIpc) is 2.57. The Morgan fingerprint density at radius 3 is 2.76 bits per heavy atom. The summed E-state index contributed by atoms with van der Waals surface area (Å²) in [6, 6.07) is 2.96. The van der Waals surface area contributed by atoms with Crippen LogP contribution in [0.2, 0.25) is 5.15 Å². The minimum absolute atomic E-state index is 0.00740. The van der Waals surface area contributed by atoms with E-state index in [1.807, 2.05) is 0 Å². The lowest BCUT2D eigenvalue weighted by Gasteiger charge is -2.32. The largest absolute Gasteiger partial charge is 0.478 e. The average molecular weight is 255 g/mol. The number of nitrogens with zero attached hydrogens (tertiary/aromatic N) is 2. The van der Waals surface area contributed by atoms with Crippen LogP contribution in [0.1, 0.15) is 37.0 Å². The van der Waals surface area contributed by atoms with Crippen molar-refractivity contribution in [3.63, 3.8) is 0 Å². The first-order valence-corrected chi connectivity index (χ1v) is 5.96. The van der Waals surface area contributed by atoms with Crippen LogP contribution in [-0.2, 0) is 0 Å². The fraction of sp³-hybridized carbons (Fsp3) is 0.500. The summed E-state index contributed by atoms with van der Waals surface area (Å²) in [5.74, 6) is -0.329. The Morgan fingerprint density at radius 1 is 1.53 bits per heavy atom. The van der Waals surface area contributed by atoms with Gasteiger partial charge in [0, 0.05) is 12.1 Å². The van der Waals surface area contributed by atoms with Gasteiger partial charge < -0.3 is 10.0 Å². The van der Waals surface area contributed by atoms with Gasteiger partial charge in [-0.15, -0.1) is 0 Å². The highest BCUT2D eigenvalue weighted by Gasteiger charge is 2.33. The molecular formula is C12H15ClN2O2. The molecule has 1 fully saturated rings. The van der Waals surface area contributed by atoms with Crippen molar-refractivity contribution in [1.29, 1.82) is 0 Å². The number of carboxylic acids is 1. The molecule has 1 aliphatic rings. The van der Waals surface area contributed by atoms with Gasteiger partial charge in [0.2, 0.25) is 0 Å². The zero-order valence-corrected chi connectivity index (χ0v) is 10.7. The standard InChI is InChI=1S/C12H15ClN2O2/c1-12(2)4-3-5-15(12)10-7-8(11(16)17)6-9(13)14-10/h6-7H,3-5H2,1-2H3,(H,16,17). The molecule has 0 bridgehead atoms. The topological polar surface area (TPSA) is 53.4 Å². The second-order valence-electron chi connectivity index (χ2n) is 4.91. The quantitative estimate of drug-likeness (QED) is 0.825. The van der Waals surface area contributed by atoms with Crippen LogP contribution in [0.3, 0.4) is 0 Å². The second-order valence-corrected chi connectivity index (χ2v) is 5.30. The molecule has 5 heteroatoms. The molecule has 1 saturated heterocycles. The van der Waals surface area contributed by atoms with Gasteiger partial charge in [-0.1, -0.05) is 11.6 Å². The van der Waals surface area contributed by atoms with Crippen molar-refractivity contribution in [2.24, 2.45) is 0 Å². The molecule has 1 aromatic rings. The van der Waals surface area contributed by atoms with Crippen LogP contribution in [0.4, 0.5) is 5.82 Å². The van der Waals surface area contributed by atoms with Gasteiger partial charge in [0.25, 0.3) is 0 Å². The Balaban J connectivity index is 2.42. The zero-order chi connectivity index (χ0) is 12.6. The Morgan fingerprint density at radius 2 is 2.24 bits per heavy atom. The first-order valence-electron chi connectivity index (χ1n) is 5.59. The Labute approximate surface area is 105 Å². The molecule has 1 aliphatic heterocycles. The van der Waals surface area contributed by atoms with Gasteiger partial charge in [0.15, 0.2) is 0 Å². The zero-order valence-electron chi connectivity index (χ0n) is 9.90. The first-order chi connectivity index (χ1) is 7.90. The summed E-state index contributed by atoms with van der Waals surface area (Å²) >= 11 is 5.86. The molecule has 2 rings (SSSR count). The lowest BCUT2D eigenvalue weighted by Crippen LogP contribution is -2.38. The minimum atomic E-state index is -0.979. The van der Waals surface area contributed by atoms with E-state index in [1.54, 1.807) is 6.07 Å². The lowest BCUT2D eigenvalue weighted by molar-refractivity contribution is 0.0696. The Kier molecular flexibility index (Phi) is 3.00. The van der Waals surface area contributed by atoms with Gasteiger partial charge in [0.05, 0.1) is 5.56 Å². The molecule has 1 N–H and O–H groups in total. The SMILES string of the molecule is CC1(C)CCCN1c1cc(C(=O)O)cc(Cl)n1. The molecule has 0 aliphatic carbocycles. The predicted molar refractivity (Wildman–Crippen MR) is 66.9 cm³/mol. The third kappa shape index (κ3) is 2.36. The number of anilines is 1. The van der Waals surface area contributed by atoms with Crippen molar-refractivity contribution in [3.8, 4) is 0 Å². The molecule has 92 valence electrons. The molecular weight excluding hydrogens is 240 g/mol. The third-order valence-corrected chi connectivity index (χ3v) is 3.40. The van der Waals surface area contributed by atoms with Crippen molar-refractivity contribution in [2.75, 3.05) is 11.4 Å². The maximum Gasteiger partial charge on any atom is 0.335 e. The van der Waals surface area contributed by atoms with Crippen molar-refractivity contribution in [2.45, 2.75) is 32.2 Å². The summed E-state index contributed by atoms with van der Waals surface area (Å²) in [5, 5.41) is 9.23. The van der Waals surface area contributed by atoms with E-state index in [2.05, 4.69) is 23.7 Å². The highest BCUT2D eigenvalue weighted by Crippen LogP contribution is 2.33. The van der Waals surface area contributed by atoms with Gasteiger partial charge in [-0.3, -0.25) is 0 Å². The molecule has 0 aromatic carbocycles. The van der Waals surface area contributed by atoms with Crippen LogP contribution in [0.25, 0.3) is 0 Å². The van der Waals surface area contributed by atoms with Gasteiger partial charge >= 0.3 is 5.97 Å². The second kappa shape index (κ2) is 4.18. The number of hydrogen-bond acceptors (Lipinski definition) is 3. The van der Waals surface area contributed by atoms with Crippen LogP contribution in [0.5, 0.6) is 0 Å². The molecule has 0 atom stereocenters. The summed E-state index contributed by atoms with van der Waals surface area (Å²) in [6.07, 6.45) is 2.16. The summed E-state index contributed by atoms with van der Waals surface area (Å²) < 4.78 is 0. The number of hydrogen-bond donors (Lipinski definition) is 1. The Hall–Kier alpha value is -1.29. The number of rotatable bonds is 2. The van der Waals surface area contributed by atoms with E-state index in [0.717, 1.165) is 19.4 Å². The predicted octanol–water partition coefficient (Wildman–Crippen LogP) is 2.81. The highest BCUT2D eigenvalue weighted by molar-refractivity contribution is 6.29. The van der Waals surface area contributed by atoms with Gasteiger partial charge in [0.1, 0.15) is 11.0 Å². The molecule has 1 aromatic heterocycles. The first kappa shape index (κ1) is 12.2. The monoisotopic (exact) mass is 254 g/mol. The fourth-order valence-electron chi connectivity index (χ4n) is 2.28. The van der Waals surface area contributed by atoms with Crippen molar-refractivity contribution < 1.29 is 9.90 Å². The molecule has 4 nitrogen and oxygen atoms in total. The van der Waals surface area contributed by atoms with Crippen molar-refractivity contribution in [3.05, 3.63) is 22.8 Å². The summed E-state index contributed by atoms with van der Waals surface area (Å²) in [7, 11) is 0. The van der Waals surface area contributed by atoms with E-state index in [1.165, 1.54) is 6.07 Å². The van der Waals surface area contributed by atoms with Gasteiger partial charge in [-0.2, -0.15) is 0 Å². The maximum absolute atomic E-state index is 11.0. The minimum Gasteiger partial charge on any atom is -0.478 e. The van der Waals surface area contributed by atoms with Crippen LogP contribution in [0.15, 0.2) is 12.1 Å². The molecule has 17 heavy (non-hydrogen) atoms. The lowest BCUT2D eigenvalue weighted by atomic mass is 10.0. The van der Waals surface area contributed by atoms with Gasteiger partial charge in [-0.05, 0) is 38.8 Å². The van der Waals surface area contributed by atoms with E-state index in [0.29, 0.717) is 5.82 Å². The van der Waals surface area contributed by atoms with Crippen molar-refractivity contribution >= 4 is 23.4 Å². The van der Waals surface area contributed by atoms with Crippen LogP contribution < -0.4 is 4.90 Å². The van der Waals surface area contributed by atoms with E-state index in [-0.39, 0.29) is 16.3 Å². The van der Waals surface area contributed by atoms with Crippen LogP contribution in [-0.4, -0.2) is 28.1 Å². The maximum atomic E-state index is 11.0. The molecule has 0 unspecified atom stereocenters. The molecule has 0 spiro atoms. The van der Waals surface area contributed by atoms with E-state index in [4.69, 9.17) is 16.7 Å². The summed E-state index contributed by atoms with van der Waals surface area (Å²) in [6.45, 7) is 5.14. The van der Waals surface area contributed by atoms with E-state index >= 15 is 0 Å². The fourth-order valence-corrected chi connectivity index (χ4v) is 2.48. The third-order valence-electron chi connectivity index (χ3n) is 3.21. The number of carboxylic acid groups (broad SMARTS) is 1. The number of halogens is 1. The molecule has 0 saturated carbocycles. The number of aromatic nitrogens is 1. The number of pyridine rings is 1. The van der Waals surface area contributed by atoms with Crippen molar-refractivity contribution in [1.82, 2.24) is 4.98 Å². The van der Waals surface area contributed by atoms with E-state index < -0.39 is 5.97 Å². The van der Waals surface area contributed by atoms with Crippen LogP contribution in [0, 0.1) is 0 Å². The highest BCUT2D eigenvalue weighted by atomic mass is 35.5.